The van der Waals surface area contributed by atoms with Crippen LogP contribution in [-0.4, -0.2) is 6.71 Å². The highest BCUT2D eigenvalue weighted by atomic mass is 14.9. The van der Waals surface area contributed by atoms with Gasteiger partial charge in [-0.2, -0.15) is 0 Å². The zero-order valence-corrected chi connectivity index (χ0v) is 13.8. The van der Waals surface area contributed by atoms with Crippen LogP contribution >= 0.6 is 0 Å². The first-order valence-electron chi connectivity index (χ1n) is 10.5. The molecule has 2 aliphatic heterocycles. The zero-order valence-electron chi connectivity index (χ0n) is 13.8. The molecule has 2 heterocycles. The lowest BCUT2D eigenvalue weighted by atomic mass is 8.91. The Balaban J connectivity index is 1.21. The zero-order chi connectivity index (χ0) is 14.5. The highest BCUT2D eigenvalue weighted by molar-refractivity contribution is 6.72. The largest absolute Gasteiger partial charge is 0.151 e. The Labute approximate surface area is 139 Å². The van der Waals surface area contributed by atoms with E-state index in [4.69, 9.17) is 0 Å². The third kappa shape index (κ3) is 0.929. The quantitative estimate of drug-likeness (QED) is 0.544. The number of fused-ring (bicyclic) bond motifs is 16. The molecule has 5 aliphatic carbocycles. The molecule has 1 aromatic carbocycles. The Morgan fingerprint density at radius 3 is 2.43 bits per heavy atom. The second kappa shape index (κ2) is 3.33. The lowest BCUT2D eigenvalue weighted by molar-refractivity contribution is -0.383. The second-order valence-corrected chi connectivity index (χ2v) is 10.5. The van der Waals surface area contributed by atoms with Crippen LogP contribution in [0.15, 0.2) is 30.3 Å². The number of rotatable bonds is 2. The van der Waals surface area contributed by atoms with E-state index in [0.717, 1.165) is 5.41 Å². The molecule has 1 heteroatoms. The van der Waals surface area contributed by atoms with Crippen molar-refractivity contribution in [1.82, 2.24) is 0 Å². The molecule has 23 heavy (non-hydrogen) atoms. The van der Waals surface area contributed by atoms with Gasteiger partial charge < -0.3 is 0 Å². The Morgan fingerprint density at radius 2 is 1.70 bits per heavy atom. The van der Waals surface area contributed by atoms with Gasteiger partial charge in [-0.15, -0.1) is 0 Å². The smallest absolute Gasteiger partial charge is 0.0622 e. The fourth-order valence-electron chi connectivity index (χ4n) is 10.3. The van der Waals surface area contributed by atoms with Gasteiger partial charge in [0.2, 0.25) is 0 Å². The minimum absolute atomic E-state index is 0.806. The molecule has 7 aliphatic rings. The monoisotopic (exact) mass is 300 g/mol. The molecule has 0 aromatic heterocycles. The molecule has 0 bridgehead atoms. The third-order valence-corrected chi connectivity index (χ3v) is 10.9. The van der Waals surface area contributed by atoms with Gasteiger partial charge in [0.25, 0.3) is 0 Å². The van der Waals surface area contributed by atoms with E-state index in [1.807, 2.05) is 0 Å². The number of benzene rings is 1. The summed E-state index contributed by atoms with van der Waals surface area (Å²) in [6, 6.07) is 11.6. The minimum Gasteiger partial charge on any atom is -0.0622 e. The van der Waals surface area contributed by atoms with Crippen LogP contribution in [-0.2, 0) is 6.42 Å². The van der Waals surface area contributed by atoms with E-state index in [-0.39, 0.29) is 0 Å². The number of hydrogen-bond donors (Lipinski definition) is 0. The molecule has 0 amide bonds. The lowest BCUT2D eigenvalue weighted by Gasteiger charge is -2.95. The van der Waals surface area contributed by atoms with Crippen molar-refractivity contribution in [3.63, 3.8) is 0 Å². The fraction of sp³-hybridized carbons (Fsp3) is 0.727. The molecule has 11 unspecified atom stereocenters. The highest BCUT2D eigenvalue weighted by Gasteiger charge is 2.92. The second-order valence-electron chi connectivity index (χ2n) is 10.5. The maximum absolute atomic E-state index is 2.42. The molecular formula is C22H25B. The highest BCUT2D eigenvalue weighted by Crippen LogP contribution is 2.97. The van der Waals surface area contributed by atoms with Crippen molar-refractivity contribution in [1.29, 1.82) is 0 Å². The molecule has 2 saturated heterocycles. The first kappa shape index (κ1) is 11.8. The molecule has 7 fully saturated rings. The molecule has 11 atom stereocenters. The van der Waals surface area contributed by atoms with Crippen molar-refractivity contribution in [3.8, 4) is 0 Å². The maximum atomic E-state index is 2.42. The minimum atomic E-state index is 0.806. The molecule has 0 N–H and O–H groups in total. The van der Waals surface area contributed by atoms with Crippen molar-refractivity contribution in [3.05, 3.63) is 35.9 Å². The average Bonchev–Trinajstić information content (AvgIpc) is 2.52. The average molecular weight is 300 g/mol. The summed E-state index contributed by atoms with van der Waals surface area (Å²) in [5.41, 5.74) is 2.46. The molecule has 8 rings (SSSR count). The van der Waals surface area contributed by atoms with Gasteiger partial charge in [-0.3, -0.25) is 0 Å². The van der Waals surface area contributed by atoms with Crippen LogP contribution in [0, 0.1) is 46.8 Å². The van der Waals surface area contributed by atoms with E-state index < -0.39 is 0 Å². The number of hydrogen-bond acceptors (Lipinski definition) is 0. The van der Waals surface area contributed by atoms with Gasteiger partial charge in [-0.1, -0.05) is 60.6 Å². The first-order valence-corrected chi connectivity index (χ1v) is 10.5. The summed E-state index contributed by atoms with van der Waals surface area (Å²) in [4.78, 5) is 0. The molecule has 1 aromatic rings. The Bertz CT molecular complexity index is 711. The van der Waals surface area contributed by atoms with Crippen molar-refractivity contribution in [2.75, 3.05) is 0 Å². The molecule has 5 saturated carbocycles. The fourth-order valence-corrected chi connectivity index (χ4v) is 10.3. The third-order valence-electron chi connectivity index (χ3n) is 10.9. The molecule has 0 spiro atoms. The summed E-state index contributed by atoms with van der Waals surface area (Å²) in [6.45, 7) is 1.21. The van der Waals surface area contributed by atoms with Crippen LogP contribution in [0.1, 0.15) is 31.2 Å². The predicted octanol–water partition coefficient (Wildman–Crippen LogP) is 4.79. The van der Waals surface area contributed by atoms with Gasteiger partial charge in [0, 0.05) is 0 Å². The molecule has 0 nitrogen and oxygen atoms in total. The molecule has 116 valence electrons. The van der Waals surface area contributed by atoms with Crippen LogP contribution in [0.2, 0.25) is 17.5 Å². The van der Waals surface area contributed by atoms with E-state index in [1.165, 1.54) is 72.0 Å². The Hall–Kier alpha value is -0.715. The maximum Gasteiger partial charge on any atom is 0.151 e. The van der Waals surface area contributed by atoms with Gasteiger partial charge in [0.1, 0.15) is 0 Å². The van der Waals surface area contributed by atoms with Gasteiger partial charge in [0.05, 0.1) is 0 Å². The molecule has 0 radical (unpaired) electrons. The normalized spacial score (nSPS) is 64.1. The van der Waals surface area contributed by atoms with Crippen LogP contribution < -0.4 is 0 Å². The van der Waals surface area contributed by atoms with Gasteiger partial charge in [0.15, 0.2) is 6.71 Å². The van der Waals surface area contributed by atoms with Crippen molar-refractivity contribution in [2.45, 2.75) is 49.6 Å². The van der Waals surface area contributed by atoms with Crippen molar-refractivity contribution in [2.24, 2.45) is 46.8 Å². The Morgan fingerprint density at radius 1 is 0.870 bits per heavy atom. The van der Waals surface area contributed by atoms with Gasteiger partial charge in [-0.25, -0.2) is 0 Å². The summed E-state index contributed by atoms with van der Waals surface area (Å²) in [5, 5.41) is 0. The van der Waals surface area contributed by atoms with Crippen LogP contribution in [0.4, 0.5) is 0 Å². The molecular weight excluding hydrogens is 275 g/mol. The SMILES string of the molecule is c1ccc(CC23C4B5C6CCC6C5C4C2C2C4CCC4C23)cc1. The van der Waals surface area contributed by atoms with Gasteiger partial charge in [-0.05, 0) is 71.7 Å². The van der Waals surface area contributed by atoms with Crippen LogP contribution in [0.5, 0.6) is 0 Å². The summed E-state index contributed by atoms with van der Waals surface area (Å²) in [5.74, 6) is 12.0. The van der Waals surface area contributed by atoms with Crippen LogP contribution in [0.3, 0.4) is 0 Å². The van der Waals surface area contributed by atoms with E-state index in [0.29, 0.717) is 0 Å². The van der Waals surface area contributed by atoms with E-state index in [1.54, 1.807) is 31.2 Å². The van der Waals surface area contributed by atoms with Crippen molar-refractivity contribution >= 4 is 6.71 Å². The van der Waals surface area contributed by atoms with E-state index >= 15 is 0 Å². The summed E-state index contributed by atoms with van der Waals surface area (Å²) in [6.07, 6.45) is 7.84. The summed E-state index contributed by atoms with van der Waals surface area (Å²) >= 11 is 0. The topological polar surface area (TPSA) is 0 Å². The van der Waals surface area contributed by atoms with Crippen molar-refractivity contribution < 1.29 is 0 Å². The van der Waals surface area contributed by atoms with Gasteiger partial charge >= 0.3 is 0 Å². The predicted molar refractivity (Wildman–Crippen MR) is 92.5 cm³/mol. The first-order chi connectivity index (χ1) is 11.4. The van der Waals surface area contributed by atoms with Crippen LogP contribution in [0.25, 0.3) is 0 Å². The Kier molecular flexibility index (Phi) is 1.70. The van der Waals surface area contributed by atoms with E-state index in [9.17, 15) is 0 Å². The standard InChI is InChI=1S/C22H25B/c1-2-4-11(5-3-1)10-22-18-13-7-6-12(13)16(18)19(22)17-20-14-8-9-15(14)23(20)21(17)22/h1-5,12-21H,6-10H2. The lowest BCUT2D eigenvalue weighted by Crippen LogP contribution is -2.91. The summed E-state index contributed by atoms with van der Waals surface area (Å²) in [7, 11) is 0. The van der Waals surface area contributed by atoms with E-state index in [2.05, 4.69) is 30.3 Å². The summed E-state index contributed by atoms with van der Waals surface area (Å²) < 4.78 is 0.